The molecule has 7 heteroatoms. The average Bonchev–Trinajstić information content (AvgIpc) is 3.25. The Balaban J connectivity index is 1.72. The molecule has 3 rings (SSSR count). The molecule has 5 nitrogen and oxygen atoms in total. The molecule has 0 saturated carbocycles. The summed E-state index contributed by atoms with van der Waals surface area (Å²) in [4.78, 5) is 26.0. The highest BCUT2D eigenvalue weighted by atomic mass is 35.5. The Morgan fingerprint density at radius 3 is 2.46 bits per heavy atom. The van der Waals surface area contributed by atoms with Gasteiger partial charge in [0.25, 0.3) is 5.91 Å². The number of rotatable bonds is 5. The Morgan fingerprint density at radius 1 is 1.14 bits per heavy atom. The van der Waals surface area contributed by atoms with E-state index in [1.165, 1.54) is 11.3 Å². The molecule has 2 heterocycles. The van der Waals surface area contributed by atoms with E-state index in [4.69, 9.17) is 16.3 Å². The lowest BCUT2D eigenvalue weighted by molar-refractivity contribution is -0.119. The van der Waals surface area contributed by atoms with Crippen LogP contribution in [0, 0.1) is 27.7 Å². The molecule has 2 aromatic heterocycles. The molecule has 0 unspecified atom stereocenters. The van der Waals surface area contributed by atoms with Crippen LogP contribution in [0.5, 0.6) is 0 Å². The number of aryl methyl sites for hydroxylation is 3. The van der Waals surface area contributed by atoms with Gasteiger partial charge in [0.15, 0.2) is 6.61 Å². The molecule has 0 aliphatic carbocycles. The van der Waals surface area contributed by atoms with Gasteiger partial charge >= 0.3 is 5.97 Å². The van der Waals surface area contributed by atoms with Gasteiger partial charge in [-0.1, -0.05) is 17.7 Å². The van der Waals surface area contributed by atoms with E-state index in [-0.39, 0.29) is 6.61 Å². The molecule has 146 valence electrons. The summed E-state index contributed by atoms with van der Waals surface area (Å²) in [6.07, 6.45) is 3.74. The molecule has 0 aliphatic rings. The SMILES string of the molecule is Cc1cc(C)c(NC(=O)COC(=O)c2c(-n3cccc3)sc(C)c2C)c(Cl)c1. The van der Waals surface area contributed by atoms with E-state index in [0.717, 1.165) is 26.6 Å². The molecule has 1 N–H and O–H groups in total. The van der Waals surface area contributed by atoms with Crippen LogP contribution in [0.25, 0.3) is 5.00 Å². The van der Waals surface area contributed by atoms with Crippen LogP contribution in [0.3, 0.4) is 0 Å². The van der Waals surface area contributed by atoms with Crippen LogP contribution in [0.4, 0.5) is 5.69 Å². The van der Waals surface area contributed by atoms with Crippen molar-refractivity contribution in [3.63, 3.8) is 0 Å². The van der Waals surface area contributed by atoms with Crippen molar-refractivity contribution in [2.24, 2.45) is 0 Å². The number of anilines is 1. The van der Waals surface area contributed by atoms with Crippen LogP contribution in [-0.4, -0.2) is 23.1 Å². The van der Waals surface area contributed by atoms with Gasteiger partial charge in [0.05, 0.1) is 16.3 Å². The number of esters is 1. The zero-order chi connectivity index (χ0) is 20.4. The lowest BCUT2D eigenvalue weighted by Crippen LogP contribution is -2.22. The first-order valence-corrected chi connectivity index (χ1v) is 9.94. The summed E-state index contributed by atoms with van der Waals surface area (Å²) in [5.74, 6) is -0.957. The van der Waals surface area contributed by atoms with Crippen LogP contribution in [0.15, 0.2) is 36.7 Å². The third-order valence-electron chi connectivity index (χ3n) is 4.44. The average molecular weight is 417 g/mol. The number of hydrogen-bond acceptors (Lipinski definition) is 4. The van der Waals surface area contributed by atoms with Crippen molar-refractivity contribution in [2.75, 3.05) is 11.9 Å². The summed E-state index contributed by atoms with van der Waals surface area (Å²) in [6, 6.07) is 7.48. The monoisotopic (exact) mass is 416 g/mol. The Bertz CT molecular complexity index is 1020. The standard InChI is InChI=1S/C21H21ClN2O3S/c1-12-9-13(2)19(16(22)10-12)23-17(25)11-27-21(26)18-14(3)15(4)28-20(18)24-7-5-6-8-24/h5-10H,11H2,1-4H3,(H,23,25). The molecule has 0 bridgehead atoms. The predicted octanol–water partition coefficient (Wildman–Crippen LogP) is 5.22. The summed E-state index contributed by atoms with van der Waals surface area (Å²) < 4.78 is 7.17. The number of amides is 1. The first kappa shape index (κ1) is 20.2. The zero-order valence-corrected chi connectivity index (χ0v) is 17.7. The Labute approximate surface area is 172 Å². The molecule has 0 radical (unpaired) electrons. The van der Waals surface area contributed by atoms with Crippen molar-refractivity contribution < 1.29 is 14.3 Å². The van der Waals surface area contributed by atoms with Gasteiger partial charge in [0, 0.05) is 17.3 Å². The van der Waals surface area contributed by atoms with Gasteiger partial charge in [-0.2, -0.15) is 0 Å². The van der Waals surface area contributed by atoms with E-state index >= 15 is 0 Å². The second-order valence-electron chi connectivity index (χ2n) is 6.62. The molecular formula is C21H21ClN2O3S. The van der Waals surface area contributed by atoms with Crippen LogP contribution >= 0.6 is 22.9 Å². The van der Waals surface area contributed by atoms with Gasteiger partial charge in [-0.15, -0.1) is 11.3 Å². The van der Waals surface area contributed by atoms with Crippen molar-refractivity contribution in [1.29, 1.82) is 0 Å². The Kier molecular flexibility index (Phi) is 5.91. The molecular weight excluding hydrogens is 396 g/mol. The summed E-state index contributed by atoms with van der Waals surface area (Å²) in [6.45, 7) is 7.24. The van der Waals surface area contributed by atoms with Gasteiger partial charge in [0.1, 0.15) is 5.00 Å². The number of carbonyl (C=O) groups excluding carboxylic acids is 2. The smallest absolute Gasteiger partial charge is 0.341 e. The van der Waals surface area contributed by atoms with Crippen LogP contribution in [0.2, 0.25) is 5.02 Å². The molecule has 0 fully saturated rings. The third-order valence-corrected chi connectivity index (χ3v) is 5.96. The second-order valence-corrected chi connectivity index (χ2v) is 8.23. The zero-order valence-electron chi connectivity index (χ0n) is 16.1. The maximum Gasteiger partial charge on any atom is 0.341 e. The normalized spacial score (nSPS) is 10.8. The molecule has 0 atom stereocenters. The van der Waals surface area contributed by atoms with Crippen LogP contribution in [-0.2, 0) is 9.53 Å². The van der Waals surface area contributed by atoms with E-state index in [0.29, 0.717) is 16.3 Å². The first-order valence-electron chi connectivity index (χ1n) is 8.75. The minimum absolute atomic E-state index is 0.387. The number of thiophene rings is 1. The third kappa shape index (κ3) is 4.13. The Hall–Kier alpha value is -2.57. The molecule has 0 saturated heterocycles. The van der Waals surface area contributed by atoms with E-state index in [9.17, 15) is 9.59 Å². The topological polar surface area (TPSA) is 60.3 Å². The number of halogens is 1. The largest absolute Gasteiger partial charge is 0.452 e. The second kappa shape index (κ2) is 8.20. The number of ether oxygens (including phenoxy) is 1. The maximum atomic E-state index is 12.7. The quantitative estimate of drug-likeness (QED) is 0.580. The lowest BCUT2D eigenvalue weighted by Gasteiger charge is -2.12. The predicted molar refractivity (Wildman–Crippen MR) is 113 cm³/mol. The number of nitrogens with one attached hydrogen (secondary N) is 1. The lowest BCUT2D eigenvalue weighted by atomic mass is 10.1. The minimum Gasteiger partial charge on any atom is -0.452 e. The van der Waals surface area contributed by atoms with Gasteiger partial charge in [-0.05, 0) is 62.6 Å². The van der Waals surface area contributed by atoms with Crippen molar-refractivity contribution in [3.05, 3.63) is 68.8 Å². The van der Waals surface area contributed by atoms with Gasteiger partial charge < -0.3 is 14.6 Å². The van der Waals surface area contributed by atoms with E-state index < -0.39 is 11.9 Å². The molecule has 1 amide bonds. The fourth-order valence-corrected chi connectivity index (χ4v) is 4.43. The number of hydrogen-bond donors (Lipinski definition) is 1. The van der Waals surface area contributed by atoms with Crippen molar-refractivity contribution in [2.45, 2.75) is 27.7 Å². The van der Waals surface area contributed by atoms with Crippen molar-refractivity contribution >= 4 is 40.5 Å². The fraction of sp³-hybridized carbons (Fsp3) is 0.238. The molecule has 1 aromatic carbocycles. The molecule has 0 spiro atoms. The Morgan fingerprint density at radius 2 is 1.82 bits per heavy atom. The van der Waals surface area contributed by atoms with Crippen LogP contribution < -0.4 is 5.32 Å². The van der Waals surface area contributed by atoms with Gasteiger partial charge in [-0.3, -0.25) is 4.79 Å². The maximum absolute atomic E-state index is 12.7. The minimum atomic E-state index is -0.521. The van der Waals surface area contributed by atoms with Crippen molar-refractivity contribution in [3.8, 4) is 5.00 Å². The van der Waals surface area contributed by atoms with Crippen molar-refractivity contribution in [1.82, 2.24) is 4.57 Å². The van der Waals surface area contributed by atoms with Gasteiger partial charge in [0.2, 0.25) is 0 Å². The van der Waals surface area contributed by atoms with E-state index in [2.05, 4.69) is 5.32 Å². The summed E-state index contributed by atoms with van der Waals surface area (Å²) in [5.41, 5.74) is 3.73. The first-order chi connectivity index (χ1) is 13.3. The highest BCUT2D eigenvalue weighted by Gasteiger charge is 2.22. The van der Waals surface area contributed by atoms with Gasteiger partial charge in [-0.25, -0.2) is 4.79 Å². The highest BCUT2D eigenvalue weighted by Crippen LogP contribution is 2.31. The molecule has 28 heavy (non-hydrogen) atoms. The number of nitrogens with zero attached hydrogens (tertiary/aromatic N) is 1. The summed E-state index contributed by atoms with van der Waals surface area (Å²) in [5, 5.41) is 3.96. The van der Waals surface area contributed by atoms with E-state index in [1.54, 1.807) is 6.07 Å². The molecule has 3 aromatic rings. The highest BCUT2D eigenvalue weighted by molar-refractivity contribution is 7.15. The van der Waals surface area contributed by atoms with Crippen LogP contribution in [0.1, 0.15) is 31.9 Å². The number of aromatic nitrogens is 1. The van der Waals surface area contributed by atoms with E-state index in [1.807, 2.05) is 62.9 Å². The number of benzene rings is 1. The fourth-order valence-electron chi connectivity index (χ4n) is 2.95. The molecule has 0 aliphatic heterocycles. The number of carbonyl (C=O) groups is 2. The summed E-state index contributed by atoms with van der Waals surface area (Å²) >= 11 is 7.73. The summed E-state index contributed by atoms with van der Waals surface area (Å²) in [7, 11) is 0.